The zero-order chi connectivity index (χ0) is 14.9. The molecule has 1 fully saturated rings. The molecule has 0 aromatic heterocycles. The Morgan fingerprint density at radius 2 is 2.05 bits per heavy atom. The molecule has 0 spiro atoms. The van der Waals surface area contributed by atoms with Gasteiger partial charge in [-0.25, -0.2) is 0 Å². The molecule has 1 N–H and O–H groups in total. The highest BCUT2D eigenvalue weighted by Crippen LogP contribution is 2.28. The lowest BCUT2D eigenvalue weighted by molar-refractivity contribution is 0.0762. The van der Waals surface area contributed by atoms with E-state index >= 15 is 0 Å². The van der Waals surface area contributed by atoms with Crippen LogP contribution in [0.4, 0.5) is 0 Å². The monoisotopic (exact) mass is 289 g/mol. The molecule has 0 bridgehead atoms. The van der Waals surface area contributed by atoms with Crippen LogP contribution in [0.1, 0.15) is 51.5 Å². The molecule has 1 heterocycles. The summed E-state index contributed by atoms with van der Waals surface area (Å²) in [5.74, 6) is 0.706. The van der Waals surface area contributed by atoms with Gasteiger partial charge in [0.05, 0.1) is 6.10 Å². The van der Waals surface area contributed by atoms with Gasteiger partial charge < -0.3 is 10.1 Å². The molecular weight excluding hydrogens is 258 g/mol. The van der Waals surface area contributed by atoms with Crippen LogP contribution in [0.15, 0.2) is 30.3 Å². The molecule has 0 radical (unpaired) electrons. The number of benzene rings is 1. The Hall–Kier alpha value is -0.860. The van der Waals surface area contributed by atoms with Crippen molar-refractivity contribution in [2.24, 2.45) is 5.92 Å². The number of aryl methyl sites for hydroxylation is 1. The topological polar surface area (TPSA) is 21.3 Å². The molecule has 2 nitrogen and oxygen atoms in total. The minimum Gasteiger partial charge on any atom is -0.378 e. The summed E-state index contributed by atoms with van der Waals surface area (Å²) >= 11 is 0. The summed E-state index contributed by atoms with van der Waals surface area (Å²) in [7, 11) is 0. The van der Waals surface area contributed by atoms with Crippen molar-refractivity contribution in [2.45, 2.75) is 64.5 Å². The van der Waals surface area contributed by atoms with Crippen LogP contribution in [0.2, 0.25) is 0 Å². The lowest BCUT2D eigenvalue weighted by atomic mass is 9.87. The van der Waals surface area contributed by atoms with E-state index in [1.54, 1.807) is 0 Å². The van der Waals surface area contributed by atoms with Crippen LogP contribution < -0.4 is 5.32 Å². The van der Waals surface area contributed by atoms with Gasteiger partial charge in [0.2, 0.25) is 0 Å². The third-order valence-corrected chi connectivity index (χ3v) is 4.66. The molecule has 3 unspecified atom stereocenters. The van der Waals surface area contributed by atoms with E-state index in [-0.39, 0.29) is 0 Å². The van der Waals surface area contributed by atoms with Crippen LogP contribution in [0, 0.1) is 5.92 Å². The zero-order valence-electron chi connectivity index (χ0n) is 13.7. The normalized spacial score (nSPS) is 23.3. The highest BCUT2D eigenvalue weighted by Gasteiger charge is 2.32. The smallest absolute Gasteiger partial charge is 0.0616 e. The van der Waals surface area contributed by atoms with Gasteiger partial charge in [-0.3, -0.25) is 0 Å². The summed E-state index contributed by atoms with van der Waals surface area (Å²) in [6.07, 6.45) is 7.77. The van der Waals surface area contributed by atoms with Crippen molar-refractivity contribution in [1.29, 1.82) is 0 Å². The molecule has 118 valence electrons. The molecule has 1 saturated heterocycles. The molecule has 1 aromatic rings. The highest BCUT2D eigenvalue weighted by atomic mass is 16.5. The van der Waals surface area contributed by atoms with E-state index in [0.29, 0.717) is 18.1 Å². The Bertz CT molecular complexity index is 378. The molecule has 0 amide bonds. The second kappa shape index (κ2) is 9.22. The van der Waals surface area contributed by atoms with Crippen molar-refractivity contribution >= 4 is 0 Å². The van der Waals surface area contributed by atoms with Gasteiger partial charge in [-0.2, -0.15) is 0 Å². The fourth-order valence-electron chi connectivity index (χ4n) is 3.51. The average Bonchev–Trinajstić information content (AvgIpc) is 3.00. The van der Waals surface area contributed by atoms with Crippen molar-refractivity contribution in [3.05, 3.63) is 35.9 Å². The summed E-state index contributed by atoms with van der Waals surface area (Å²) in [6.45, 7) is 6.58. The van der Waals surface area contributed by atoms with E-state index in [4.69, 9.17) is 4.74 Å². The Labute approximate surface area is 130 Å². The predicted molar refractivity (Wildman–Crippen MR) is 89.6 cm³/mol. The number of hydrogen-bond acceptors (Lipinski definition) is 2. The minimum atomic E-state index is 0.469. The highest BCUT2D eigenvalue weighted by molar-refractivity contribution is 5.14. The maximum atomic E-state index is 5.90. The summed E-state index contributed by atoms with van der Waals surface area (Å²) in [4.78, 5) is 0. The standard InChI is InChI=1S/C19H31NO/c1-3-14-20-18(17-13-15-21-19(17)4-2)12-8-11-16-9-6-5-7-10-16/h5-7,9-10,17-20H,3-4,8,11-15H2,1-2H3. The molecule has 2 rings (SSSR count). The molecule has 21 heavy (non-hydrogen) atoms. The summed E-state index contributed by atoms with van der Waals surface area (Å²) < 4.78 is 5.90. The number of rotatable bonds is 9. The second-order valence-electron chi connectivity index (χ2n) is 6.21. The van der Waals surface area contributed by atoms with Crippen molar-refractivity contribution in [3.8, 4) is 0 Å². The third-order valence-electron chi connectivity index (χ3n) is 4.66. The molecule has 2 heteroatoms. The first-order valence-electron chi connectivity index (χ1n) is 8.74. The molecular formula is C19H31NO. The number of ether oxygens (including phenoxy) is 1. The first-order chi connectivity index (χ1) is 10.3. The van der Waals surface area contributed by atoms with Gasteiger partial charge in [-0.05, 0) is 50.6 Å². The Morgan fingerprint density at radius 3 is 2.76 bits per heavy atom. The molecule has 1 aliphatic heterocycles. The molecule has 0 aliphatic carbocycles. The number of nitrogens with one attached hydrogen (secondary N) is 1. The van der Waals surface area contributed by atoms with Crippen LogP contribution in [0.3, 0.4) is 0 Å². The van der Waals surface area contributed by atoms with Gasteiger partial charge in [0.1, 0.15) is 0 Å². The lowest BCUT2D eigenvalue weighted by Gasteiger charge is -2.28. The fourth-order valence-corrected chi connectivity index (χ4v) is 3.51. The Morgan fingerprint density at radius 1 is 1.24 bits per heavy atom. The maximum Gasteiger partial charge on any atom is 0.0616 e. The van der Waals surface area contributed by atoms with Gasteiger partial charge in [0, 0.05) is 18.6 Å². The van der Waals surface area contributed by atoms with Gasteiger partial charge in [0.15, 0.2) is 0 Å². The van der Waals surface area contributed by atoms with Crippen LogP contribution in [-0.4, -0.2) is 25.3 Å². The van der Waals surface area contributed by atoms with Crippen LogP contribution in [0.5, 0.6) is 0 Å². The molecule has 0 saturated carbocycles. The predicted octanol–water partition coefficient (Wildman–Crippen LogP) is 4.19. The maximum absolute atomic E-state index is 5.90. The summed E-state index contributed by atoms with van der Waals surface area (Å²) in [5.41, 5.74) is 1.46. The first kappa shape index (κ1) is 16.5. The van der Waals surface area contributed by atoms with Gasteiger partial charge in [-0.15, -0.1) is 0 Å². The quantitative estimate of drug-likeness (QED) is 0.736. The fraction of sp³-hybridized carbons (Fsp3) is 0.684. The summed E-state index contributed by atoms with van der Waals surface area (Å²) in [6, 6.07) is 11.5. The van der Waals surface area contributed by atoms with E-state index in [1.165, 1.54) is 37.7 Å². The van der Waals surface area contributed by atoms with E-state index in [0.717, 1.165) is 19.6 Å². The molecule has 3 atom stereocenters. The van der Waals surface area contributed by atoms with Crippen molar-refractivity contribution < 1.29 is 4.74 Å². The van der Waals surface area contributed by atoms with Gasteiger partial charge in [0.25, 0.3) is 0 Å². The van der Waals surface area contributed by atoms with Crippen LogP contribution in [0.25, 0.3) is 0 Å². The van der Waals surface area contributed by atoms with Crippen molar-refractivity contribution in [3.63, 3.8) is 0 Å². The van der Waals surface area contributed by atoms with Gasteiger partial charge >= 0.3 is 0 Å². The van der Waals surface area contributed by atoms with E-state index in [2.05, 4.69) is 49.5 Å². The number of hydrogen-bond donors (Lipinski definition) is 1. The largest absolute Gasteiger partial charge is 0.378 e. The third kappa shape index (κ3) is 5.12. The van der Waals surface area contributed by atoms with E-state index < -0.39 is 0 Å². The van der Waals surface area contributed by atoms with E-state index in [1.807, 2.05) is 0 Å². The zero-order valence-corrected chi connectivity index (χ0v) is 13.7. The average molecular weight is 289 g/mol. The van der Waals surface area contributed by atoms with Crippen molar-refractivity contribution in [2.75, 3.05) is 13.2 Å². The summed E-state index contributed by atoms with van der Waals surface area (Å²) in [5, 5.41) is 3.78. The lowest BCUT2D eigenvalue weighted by Crippen LogP contribution is -2.40. The minimum absolute atomic E-state index is 0.469. The molecule has 1 aromatic carbocycles. The molecule has 1 aliphatic rings. The van der Waals surface area contributed by atoms with Crippen molar-refractivity contribution in [1.82, 2.24) is 5.32 Å². The first-order valence-corrected chi connectivity index (χ1v) is 8.74. The second-order valence-corrected chi connectivity index (χ2v) is 6.21. The Kier molecular flexibility index (Phi) is 7.25. The van der Waals surface area contributed by atoms with Crippen LogP contribution >= 0.6 is 0 Å². The SMILES string of the molecule is CCCNC(CCCc1ccccc1)C1CCOC1CC. The Balaban J connectivity index is 1.84. The van der Waals surface area contributed by atoms with Gasteiger partial charge in [-0.1, -0.05) is 44.2 Å². The van der Waals surface area contributed by atoms with E-state index in [9.17, 15) is 0 Å². The van der Waals surface area contributed by atoms with Crippen LogP contribution in [-0.2, 0) is 11.2 Å².